The third-order valence-corrected chi connectivity index (χ3v) is 4.85. The van der Waals surface area contributed by atoms with Crippen molar-refractivity contribution >= 4 is 11.8 Å². The minimum absolute atomic E-state index is 0.0261. The summed E-state index contributed by atoms with van der Waals surface area (Å²) in [5.41, 5.74) is -0.473. The van der Waals surface area contributed by atoms with Gasteiger partial charge in [-0.3, -0.25) is 9.59 Å². The van der Waals surface area contributed by atoms with Crippen LogP contribution in [0.3, 0.4) is 0 Å². The third kappa shape index (κ3) is 14.4. The highest BCUT2D eigenvalue weighted by Crippen LogP contribution is 2.16. The highest BCUT2D eigenvalue weighted by atomic mass is 16.5. The van der Waals surface area contributed by atoms with Gasteiger partial charge >= 0.3 is 0 Å². The summed E-state index contributed by atoms with van der Waals surface area (Å²) in [5.74, 6) is 0.239. The Kier molecular flexibility index (Phi) is 12.7. The van der Waals surface area contributed by atoms with E-state index in [1.54, 1.807) is 7.05 Å². The smallest absolute Gasteiger partial charge is 0.237 e. The zero-order chi connectivity index (χ0) is 22.7. The molecule has 0 spiro atoms. The van der Waals surface area contributed by atoms with E-state index in [1.165, 1.54) is 0 Å². The maximum atomic E-state index is 12.3. The summed E-state index contributed by atoms with van der Waals surface area (Å²) in [6.07, 6.45) is 1.55. The van der Waals surface area contributed by atoms with Crippen molar-refractivity contribution in [3.8, 4) is 0 Å². The largest absolute Gasteiger partial charge is 0.376 e. The normalized spacial score (nSPS) is 14.6. The summed E-state index contributed by atoms with van der Waals surface area (Å²) in [4.78, 5) is 24.4. The molecule has 0 fully saturated rings. The van der Waals surface area contributed by atoms with Gasteiger partial charge in [0.05, 0.1) is 23.9 Å². The van der Waals surface area contributed by atoms with Gasteiger partial charge in [-0.05, 0) is 67.3 Å². The average molecular weight is 416 g/mol. The van der Waals surface area contributed by atoms with Gasteiger partial charge in [0.25, 0.3) is 0 Å². The Morgan fingerprint density at radius 3 is 2.10 bits per heavy atom. The number of likely N-dealkylation sites (N-methyl/N-ethyl adjacent to an activating group) is 1. The summed E-state index contributed by atoms with van der Waals surface area (Å²) in [6.45, 7) is 17.7. The summed E-state index contributed by atoms with van der Waals surface area (Å²) in [7, 11) is 1.73. The van der Waals surface area contributed by atoms with Crippen LogP contribution in [-0.4, -0.2) is 61.9 Å². The van der Waals surface area contributed by atoms with Gasteiger partial charge in [-0.15, -0.1) is 0 Å². The lowest BCUT2D eigenvalue weighted by Gasteiger charge is -2.28. The van der Waals surface area contributed by atoms with E-state index in [9.17, 15) is 9.59 Å². The fourth-order valence-corrected chi connectivity index (χ4v) is 2.47. The number of hydrogen-bond donors (Lipinski definition) is 3. The minimum atomic E-state index is -0.400. The second-order valence-corrected chi connectivity index (χ2v) is 9.59. The molecule has 7 heteroatoms. The van der Waals surface area contributed by atoms with E-state index in [0.29, 0.717) is 38.5 Å². The predicted molar refractivity (Wildman–Crippen MR) is 118 cm³/mol. The predicted octanol–water partition coefficient (Wildman–Crippen LogP) is 2.63. The van der Waals surface area contributed by atoms with Crippen LogP contribution in [0.25, 0.3) is 0 Å². The topological polar surface area (TPSA) is 88.7 Å². The lowest BCUT2D eigenvalue weighted by atomic mass is 10.1. The maximum absolute atomic E-state index is 12.3. The van der Waals surface area contributed by atoms with Gasteiger partial charge in [-0.1, -0.05) is 13.8 Å². The van der Waals surface area contributed by atoms with Crippen molar-refractivity contribution in [1.82, 2.24) is 16.0 Å². The molecule has 0 aromatic carbocycles. The van der Waals surface area contributed by atoms with E-state index in [2.05, 4.69) is 29.8 Å². The van der Waals surface area contributed by atoms with Crippen molar-refractivity contribution in [3.63, 3.8) is 0 Å². The third-order valence-electron chi connectivity index (χ3n) is 4.85. The fraction of sp³-hybridized carbons (Fsp3) is 0.909. The molecule has 29 heavy (non-hydrogen) atoms. The first-order chi connectivity index (χ1) is 13.3. The molecule has 3 N–H and O–H groups in total. The van der Waals surface area contributed by atoms with E-state index in [0.717, 1.165) is 6.42 Å². The molecule has 7 nitrogen and oxygen atoms in total. The Morgan fingerprint density at radius 1 is 0.966 bits per heavy atom. The maximum Gasteiger partial charge on any atom is 0.237 e. The molecule has 0 rings (SSSR count). The zero-order valence-corrected chi connectivity index (χ0v) is 20.1. The molecule has 0 aromatic rings. The van der Waals surface area contributed by atoms with Gasteiger partial charge in [0.2, 0.25) is 11.8 Å². The van der Waals surface area contributed by atoms with Crippen molar-refractivity contribution in [3.05, 3.63) is 0 Å². The van der Waals surface area contributed by atoms with E-state index in [-0.39, 0.29) is 29.1 Å². The van der Waals surface area contributed by atoms with Crippen LogP contribution in [0, 0.1) is 5.92 Å². The number of nitrogens with one attached hydrogen (secondary N) is 3. The first kappa shape index (κ1) is 27.8. The number of amides is 2. The molecule has 2 atom stereocenters. The molecule has 0 saturated heterocycles. The molecule has 2 unspecified atom stereocenters. The Hall–Kier alpha value is -1.18. The minimum Gasteiger partial charge on any atom is -0.376 e. The second kappa shape index (κ2) is 13.2. The number of rotatable bonds is 14. The molecule has 0 aromatic heterocycles. The number of ether oxygens (including phenoxy) is 2. The second-order valence-electron chi connectivity index (χ2n) is 9.59. The van der Waals surface area contributed by atoms with E-state index < -0.39 is 6.04 Å². The fourth-order valence-electron chi connectivity index (χ4n) is 2.47. The van der Waals surface area contributed by atoms with Crippen molar-refractivity contribution < 1.29 is 19.1 Å². The van der Waals surface area contributed by atoms with Crippen LogP contribution in [0.1, 0.15) is 74.7 Å². The van der Waals surface area contributed by atoms with Gasteiger partial charge in [0.15, 0.2) is 0 Å². The van der Waals surface area contributed by atoms with Crippen LogP contribution in [0.5, 0.6) is 0 Å². The summed E-state index contributed by atoms with van der Waals surface area (Å²) < 4.78 is 11.6. The van der Waals surface area contributed by atoms with Gasteiger partial charge < -0.3 is 25.4 Å². The van der Waals surface area contributed by atoms with Crippen molar-refractivity contribution in [2.24, 2.45) is 5.92 Å². The summed E-state index contributed by atoms with van der Waals surface area (Å²) in [5, 5.41) is 8.83. The lowest BCUT2D eigenvalue weighted by Crippen LogP contribution is -2.45. The SMILES string of the molecule is CNC(CCC(=O)NC(C)C(C)C)C(=O)NCCOC(C)(C)CCOC(C)(C)C. The highest BCUT2D eigenvalue weighted by Gasteiger charge is 2.21. The standard InChI is InChI=1S/C22H45N3O4/c1-16(2)17(3)25-19(26)11-10-18(23-9)20(27)24-13-15-29-22(7,8)12-14-28-21(4,5)6/h16-18,23H,10-15H2,1-9H3,(H,24,27)(H,25,26). The quantitative estimate of drug-likeness (QED) is 0.380. The zero-order valence-electron chi connectivity index (χ0n) is 20.1. The first-order valence-corrected chi connectivity index (χ1v) is 10.8. The molecular weight excluding hydrogens is 370 g/mol. The molecular formula is C22H45N3O4. The van der Waals surface area contributed by atoms with E-state index in [4.69, 9.17) is 9.47 Å². The van der Waals surface area contributed by atoms with E-state index >= 15 is 0 Å². The Morgan fingerprint density at radius 2 is 1.59 bits per heavy atom. The van der Waals surface area contributed by atoms with E-state index in [1.807, 2.05) is 41.5 Å². The summed E-state index contributed by atoms with van der Waals surface area (Å²) >= 11 is 0. The number of hydrogen-bond acceptors (Lipinski definition) is 5. The van der Waals surface area contributed by atoms with Gasteiger partial charge in [-0.2, -0.15) is 0 Å². The number of carbonyl (C=O) groups is 2. The first-order valence-electron chi connectivity index (χ1n) is 10.8. The van der Waals surface area contributed by atoms with Crippen LogP contribution in [-0.2, 0) is 19.1 Å². The Bertz CT molecular complexity index is 487. The van der Waals surface area contributed by atoms with Crippen molar-refractivity contribution in [2.75, 3.05) is 26.8 Å². The molecule has 0 bridgehead atoms. The molecule has 0 saturated carbocycles. The molecule has 0 aliphatic heterocycles. The molecule has 0 heterocycles. The van der Waals surface area contributed by atoms with Gasteiger partial charge in [0, 0.05) is 25.6 Å². The van der Waals surface area contributed by atoms with Crippen LogP contribution in [0.4, 0.5) is 0 Å². The van der Waals surface area contributed by atoms with Crippen LogP contribution in [0.2, 0.25) is 0 Å². The Labute approximate surface area is 178 Å². The molecule has 2 amide bonds. The molecule has 0 radical (unpaired) electrons. The Balaban J connectivity index is 4.15. The highest BCUT2D eigenvalue weighted by molar-refractivity contribution is 5.83. The van der Waals surface area contributed by atoms with Crippen molar-refractivity contribution in [1.29, 1.82) is 0 Å². The average Bonchev–Trinajstić information content (AvgIpc) is 2.57. The number of carbonyl (C=O) groups excluding carboxylic acids is 2. The molecule has 172 valence electrons. The summed E-state index contributed by atoms with van der Waals surface area (Å²) in [6, 6.07) is -0.276. The van der Waals surface area contributed by atoms with Crippen LogP contribution in [0.15, 0.2) is 0 Å². The van der Waals surface area contributed by atoms with Crippen LogP contribution >= 0.6 is 0 Å². The lowest BCUT2D eigenvalue weighted by molar-refractivity contribution is -0.125. The van der Waals surface area contributed by atoms with Gasteiger partial charge in [-0.25, -0.2) is 0 Å². The van der Waals surface area contributed by atoms with Crippen molar-refractivity contribution in [2.45, 2.75) is 97.9 Å². The molecule has 0 aliphatic carbocycles. The van der Waals surface area contributed by atoms with Gasteiger partial charge in [0.1, 0.15) is 0 Å². The monoisotopic (exact) mass is 415 g/mol. The van der Waals surface area contributed by atoms with Crippen LogP contribution < -0.4 is 16.0 Å². The molecule has 0 aliphatic rings.